The Morgan fingerprint density at radius 3 is 2.33 bits per heavy atom. The molecule has 0 bridgehead atoms. The van der Waals surface area contributed by atoms with Crippen molar-refractivity contribution in [2.24, 2.45) is 0 Å². The molecule has 1 fully saturated rings. The number of hydrogen-bond acceptors (Lipinski definition) is 4. The highest BCUT2D eigenvalue weighted by Gasteiger charge is 2.22. The van der Waals surface area contributed by atoms with Gasteiger partial charge in [0.25, 0.3) is 0 Å². The average Bonchev–Trinajstić information content (AvgIpc) is 2.63. The first-order valence-electron chi connectivity index (χ1n) is 8.11. The largest absolute Gasteiger partial charge is 0.506 e. The van der Waals surface area contributed by atoms with Gasteiger partial charge < -0.3 is 19.6 Å². The van der Waals surface area contributed by atoms with Crippen LogP contribution in [0.5, 0.6) is 11.5 Å². The van der Waals surface area contributed by atoms with E-state index in [1.807, 2.05) is 47.4 Å². The fraction of sp³-hybridized carbons (Fsp3) is 0.316. The van der Waals surface area contributed by atoms with Gasteiger partial charge in [0.05, 0.1) is 19.2 Å². The van der Waals surface area contributed by atoms with E-state index in [9.17, 15) is 9.90 Å². The third-order valence-corrected chi connectivity index (χ3v) is 4.37. The molecule has 0 aromatic heterocycles. The maximum absolute atomic E-state index is 12.5. The Balaban J connectivity index is 1.56. The number of hydrogen-bond donors (Lipinski definition) is 1. The molecule has 0 saturated carbocycles. The number of para-hydroxylation sites is 2. The third-order valence-electron chi connectivity index (χ3n) is 4.37. The van der Waals surface area contributed by atoms with Gasteiger partial charge in [0, 0.05) is 26.2 Å². The van der Waals surface area contributed by atoms with Gasteiger partial charge in [-0.25, -0.2) is 0 Å². The van der Waals surface area contributed by atoms with Crippen LogP contribution in [-0.4, -0.2) is 49.2 Å². The van der Waals surface area contributed by atoms with E-state index >= 15 is 0 Å². The third kappa shape index (κ3) is 3.62. The van der Waals surface area contributed by atoms with Gasteiger partial charge in [-0.1, -0.05) is 24.3 Å². The van der Waals surface area contributed by atoms with Gasteiger partial charge in [0.1, 0.15) is 11.5 Å². The van der Waals surface area contributed by atoms with Crippen LogP contribution in [0.15, 0.2) is 48.5 Å². The van der Waals surface area contributed by atoms with E-state index in [2.05, 4.69) is 4.90 Å². The summed E-state index contributed by atoms with van der Waals surface area (Å²) in [6.45, 7) is 2.80. The van der Waals surface area contributed by atoms with Gasteiger partial charge in [-0.05, 0) is 29.8 Å². The zero-order valence-electron chi connectivity index (χ0n) is 13.8. The number of methoxy groups -OCH3 is 1. The molecule has 2 aromatic carbocycles. The second kappa shape index (κ2) is 7.25. The van der Waals surface area contributed by atoms with Crippen molar-refractivity contribution in [2.75, 3.05) is 38.2 Å². The van der Waals surface area contributed by atoms with Gasteiger partial charge in [-0.2, -0.15) is 0 Å². The summed E-state index contributed by atoms with van der Waals surface area (Å²) >= 11 is 0. The SMILES string of the molecule is COc1ccc(CC(=O)N2CCN(c3ccccc3O)CC2)cc1. The molecule has 2 aromatic rings. The second-order valence-electron chi connectivity index (χ2n) is 5.88. The van der Waals surface area contributed by atoms with Gasteiger partial charge >= 0.3 is 0 Å². The molecule has 0 radical (unpaired) electrons. The number of aromatic hydroxyl groups is 1. The fourth-order valence-electron chi connectivity index (χ4n) is 2.96. The number of anilines is 1. The van der Waals surface area contributed by atoms with E-state index in [4.69, 9.17) is 4.74 Å². The van der Waals surface area contributed by atoms with E-state index in [1.165, 1.54) is 0 Å². The maximum Gasteiger partial charge on any atom is 0.227 e. The van der Waals surface area contributed by atoms with Crippen molar-refractivity contribution in [1.82, 2.24) is 4.90 Å². The number of nitrogens with zero attached hydrogens (tertiary/aromatic N) is 2. The summed E-state index contributed by atoms with van der Waals surface area (Å²) in [5, 5.41) is 9.94. The summed E-state index contributed by atoms with van der Waals surface area (Å²) in [5.74, 6) is 1.22. The maximum atomic E-state index is 12.5. The van der Waals surface area contributed by atoms with Gasteiger partial charge in [-0.15, -0.1) is 0 Å². The Labute approximate surface area is 142 Å². The molecule has 126 valence electrons. The predicted molar refractivity (Wildman–Crippen MR) is 93.6 cm³/mol. The van der Waals surface area contributed by atoms with Gasteiger partial charge in [0.2, 0.25) is 5.91 Å². The van der Waals surface area contributed by atoms with Crippen LogP contribution < -0.4 is 9.64 Å². The smallest absolute Gasteiger partial charge is 0.227 e. The molecular weight excluding hydrogens is 304 g/mol. The van der Waals surface area contributed by atoms with Gasteiger partial charge in [-0.3, -0.25) is 4.79 Å². The Morgan fingerprint density at radius 1 is 1.04 bits per heavy atom. The van der Waals surface area contributed by atoms with Crippen molar-refractivity contribution in [2.45, 2.75) is 6.42 Å². The van der Waals surface area contributed by atoms with Crippen LogP contribution in [0.2, 0.25) is 0 Å². The number of carbonyl (C=O) groups excluding carboxylic acids is 1. The number of phenolic OH excluding ortho intramolecular Hbond substituents is 1. The molecule has 24 heavy (non-hydrogen) atoms. The van der Waals surface area contributed by atoms with Crippen LogP contribution >= 0.6 is 0 Å². The van der Waals surface area contributed by atoms with Crippen molar-refractivity contribution < 1.29 is 14.6 Å². The minimum absolute atomic E-state index is 0.136. The molecule has 0 aliphatic carbocycles. The molecule has 5 heteroatoms. The minimum atomic E-state index is 0.136. The Morgan fingerprint density at radius 2 is 1.71 bits per heavy atom. The molecule has 0 unspecified atom stereocenters. The fourth-order valence-corrected chi connectivity index (χ4v) is 2.96. The summed E-state index contributed by atoms with van der Waals surface area (Å²) in [7, 11) is 1.63. The highest BCUT2D eigenvalue weighted by atomic mass is 16.5. The lowest BCUT2D eigenvalue weighted by molar-refractivity contribution is -0.130. The Kier molecular flexibility index (Phi) is 4.89. The van der Waals surface area contributed by atoms with Crippen LogP contribution in [0.3, 0.4) is 0 Å². The molecule has 0 spiro atoms. The first-order valence-corrected chi connectivity index (χ1v) is 8.11. The second-order valence-corrected chi connectivity index (χ2v) is 5.88. The lowest BCUT2D eigenvalue weighted by Gasteiger charge is -2.36. The van der Waals surface area contributed by atoms with Crippen molar-refractivity contribution in [1.29, 1.82) is 0 Å². The van der Waals surface area contributed by atoms with Crippen LogP contribution in [0, 0.1) is 0 Å². The highest BCUT2D eigenvalue weighted by Crippen LogP contribution is 2.27. The molecule has 1 heterocycles. The number of benzene rings is 2. The molecule has 1 N–H and O–H groups in total. The average molecular weight is 326 g/mol. The Bertz CT molecular complexity index is 692. The summed E-state index contributed by atoms with van der Waals surface area (Å²) in [6, 6.07) is 14.9. The summed E-state index contributed by atoms with van der Waals surface area (Å²) in [6.07, 6.45) is 0.403. The molecular formula is C19H22N2O3. The predicted octanol–water partition coefficient (Wildman–Crippen LogP) is 2.29. The van der Waals surface area contributed by atoms with Crippen molar-refractivity contribution >= 4 is 11.6 Å². The molecule has 5 nitrogen and oxygen atoms in total. The molecule has 0 atom stereocenters. The van der Waals surface area contributed by atoms with Crippen molar-refractivity contribution in [3.05, 3.63) is 54.1 Å². The topological polar surface area (TPSA) is 53.0 Å². The number of carbonyl (C=O) groups is 1. The van der Waals surface area contributed by atoms with E-state index < -0.39 is 0 Å². The van der Waals surface area contributed by atoms with E-state index in [-0.39, 0.29) is 11.7 Å². The highest BCUT2D eigenvalue weighted by molar-refractivity contribution is 5.79. The van der Waals surface area contributed by atoms with E-state index in [1.54, 1.807) is 13.2 Å². The summed E-state index contributed by atoms with van der Waals surface area (Å²) in [4.78, 5) is 16.5. The first kappa shape index (κ1) is 16.2. The molecule has 1 aliphatic rings. The number of ether oxygens (including phenoxy) is 1. The zero-order valence-corrected chi connectivity index (χ0v) is 13.8. The van der Waals surface area contributed by atoms with Crippen LogP contribution in [-0.2, 0) is 11.2 Å². The minimum Gasteiger partial charge on any atom is -0.506 e. The van der Waals surface area contributed by atoms with Crippen LogP contribution in [0.4, 0.5) is 5.69 Å². The standard InChI is InChI=1S/C19H22N2O3/c1-24-16-8-6-15(7-9-16)14-19(23)21-12-10-20(11-13-21)17-4-2-3-5-18(17)22/h2-9,22H,10-14H2,1H3. The van der Waals surface area contributed by atoms with Crippen molar-refractivity contribution in [3.63, 3.8) is 0 Å². The first-order chi connectivity index (χ1) is 11.7. The number of phenols is 1. The monoisotopic (exact) mass is 326 g/mol. The van der Waals surface area contributed by atoms with Crippen LogP contribution in [0.1, 0.15) is 5.56 Å². The number of piperazine rings is 1. The quantitative estimate of drug-likeness (QED) is 0.937. The van der Waals surface area contributed by atoms with E-state index in [0.717, 1.165) is 30.1 Å². The molecule has 1 amide bonds. The lowest BCUT2D eigenvalue weighted by Crippen LogP contribution is -2.49. The van der Waals surface area contributed by atoms with E-state index in [0.29, 0.717) is 19.5 Å². The van der Waals surface area contributed by atoms with Crippen LogP contribution in [0.25, 0.3) is 0 Å². The van der Waals surface area contributed by atoms with Crippen molar-refractivity contribution in [3.8, 4) is 11.5 Å². The molecule has 3 rings (SSSR count). The number of amides is 1. The normalized spacial score (nSPS) is 14.5. The van der Waals surface area contributed by atoms with Gasteiger partial charge in [0.15, 0.2) is 0 Å². The number of rotatable bonds is 4. The lowest BCUT2D eigenvalue weighted by atomic mass is 10.1. The molecule has 1 aliphatic heterocycles. The summed E-state index contributed by atoms with van der Waals surface area (Å²) < 4.78 is 5.13. The molecule has 1 saturated heterocycles. The zero-order chi connectivity index (χ0) is 16.9. The Hall–Kier alpha value is -2.69. The summed E-state index contributed by atoms with van der Waals surface area (Å²) in [5.41, 5.74) is 1.82.